The summed E-state index contributed by atoms with van der Waals surface area (Å²) >= 11 is 0. The molecule has 5 heteroatoms. The molecule has 0 fully saturated rings. The highest BCUT2D eigenvalue weighted by atomic mass is 16.5. The maximum atomic E-state index is 5.62. The molecule has 5 nitrogen and oxygen atoms in total. The summed E-state index contributed by atoms with van der Waals surface area (Å²) in [6.07, 6.45) is 5.58. The van der Waals surface area contributed by atoms with Crippen LogP contribution in [-0.4, -0.2) is 25.7 Å². The zero-order valence-electron chi connectivity index (χ0n) is 10.8. The molecule has 19 heavy (non-hydrogen) atoms. The minimum atomic E-state index is 0.181. The highest BCUT2D eigenvalue weighted by Crippen LogP contribution is 2.22. The molecule has 1 aromatic carbocycles. The molecule has 2 aromatic heterocycles. The van der Waals surface area contributed by atoms with E-state index in [4.69, 9.17) is 4.74 Å². The van der Waals surface area contributed by atoms with Gasteiger partial charge in [0, 0.05) is 18.0 Å². The van der Waals surface area contributed by atoms with E-state index >= 15 is 0 Å². The molecule has 0 bridgehead atoms. The van der Waals surface area contributed by atoms with Gasteiger partial charge in [-0.3, -0.25) is 4.40 Å². The van der Waals surface area contributed by atoms with Crippen molar-refractivity contribution in [2.45, 2.75) is 20.0 Å². The van der Waals surface area contributed by atoms with Crippen molar-refractivity contribution in [3.63, 3.8) is 0 Å². The van der Waals surface area contributed by atoms with Crippen molar-refractivity contribution in [2.24, 2.45) is 0 Å². The molecule has 2 heterocycles. The lowest BCUT2D eigenvalue weighted by Gasteiger charge is -2.10. The van der Waals surface area contributed by atoms with E-state index in [1.54, 1.807) is 16.9 Å². The average molecular weight is 254 g/mol. The number of aromatic nitrogens is 4. The molecule has 0 aliphatic carbocycles. The average Bonchev–Trinajstić information content (AvgIpc) is 2.86. The SMILES string of the molecule is CC(C)Oc1ccc(-c2cnc3nncn3c2)cc1. The van der Waals surface area contributed by atoms with Gasteiger partial charge in [-0.15, -0.1) is 10.2 Å². The molecule has 0 unspecified atom stereocenters. The van der Waals surface area contributed by atoms with Gasteiger partial charge in [-0.05, 0) is 31.5 Å². The van der Waals surface area contributed by atoms with E-state index in [1.807, 2.05) is 44.3 Å². The summed E-state index contributed by atoms with van der Waals surface area (Å²) in [5.41, 5.74) is 2.10. The van der Waals surface area contributed by atoms with E-state index < -0.39 is 0 Å². The highest BCUT2D eigenvalue weighted by molar-refractivity contribution is 5.63. The Labute approximate surface area is 110 Å². The molecule has 0 amide bonds. The van der Waals surface area contributed by atoms with Crippen molar-refractivity contribution < 1.29 is 4.74 Å². The third kappa shape index (κ3) is 2.40. The lowest BCUT2D eigenvalue weighted by molar-refractivity contribution is 0.242. The Balaban J connectivity index is 1.92. The summed E-state index contributed by atoms with van der Waals surface area (Å²) in [6.45, 7) is 4.02. The van der Waals surface area contributed by atoms with Crippen molar-refractivity contribution in [3.05, 3.63) is 43.0 Å². The predicted octanol–water partition coefficient (Wildman–Crippen LogP) is 2.58. The van der Waals surface area contributed by atoms with Gasteiger partial charge in [0.25, 0.3) is 5.78 Å². The Bertz CT molecular complexity index is 688. The lowest BCUT2D eigenvalue weighted by atomic mass is 10.1. The minimum absolute atomic E-state index is 0.181. The van der Waals surface area contributed by atoms with E-state index in [9.17, 15) is 0 Å². The Morgan fingerprint density at radius 3 is 2.63 bits per heavy atom. The minimum Gasteiger partial charge on any atom is -0.491 e. The first kappa shape index (κ1) is 11.6. The molecule has 0 saturated carbocycles. The van der Waals surface area contributed by atoms with Crippen molar-refractivity contribution >= 4 is 5.78 Å². The van der Waals surface area contributed by atoms with Gasteiger partial charge in [-0.25, -0.2) is 4.98 Å². The van der Waals surface area contributed by atoms with Gasteiger partial charge in [-0.2, -0.15) is 0 Å². The molecular weight excluding hydrogens is 240 g/mol. The summed E-state index contributed by atoms with van der Waals surface area (Å²) in [4.78, 5) is 4.25. The van der Waals surface area contributed by atoms with Crippen LogP contribution in [0.1, 0.15) is 13.8 Å². The molecule has 0 aliphatic rings. The van der Waals surface area contributed by atoms with Crippen LogP contribution in [0.5, 0.6) is 5.75 Å². The second-order valence-electron chi connectivity index (χ2n) is 4.57. The van der Waals surface area contributed by atoms with Crippen LogP contribution in [-0.2, 0) is 0 Å². The third-order valence-corrected chi connectivity index (χ3v) is 2.71. The summed E-state index contributed by atoms with van der Waals surface area (Å²) < 4.78 is 7.42. The third-order valence-electron chi connectivity index (χ3n) is 2.71. The number of ether oxygens (including phenoxy) is 1. The fraction of sp³-hybridized carbons (Fsp3) is 0.214. The molecule has 0 radical (unpaired) electrons. The highest BCUT2D eigenvalue weighted by Gasteiger charge is 2.03. The monoisotopic (exact) mass is 254 g/mol. The largest absolute Gasteiger partial charge is 0.491 e. The van der Waals surface area contributed by atoms with E-state index in [0.29, 0.717) is 5.78 Å². The van der Waals surface area contributed by atoms with Crippen molar-refractivity contribution in [2.75, 3.05) is 0 Å². The van der Waals surface area contributed by atoms with Gasteiger partial charge in [0.15, 0.2) is 0 Å². The topological polar surface area (TPSA) is 52.3 Å². The number of nitrogens with zero attached hydrogens (tertiary/aromatic N) is 4. The van der Waals surface area contributed by atoms with Crippen LogP contribution in [0, 0.1) is 0 Å². The molecule has 96 valence electrons. The van der Waals surface area contributed by atoms with E-state index in [2.05, 4.69) is 15.2 Å². The summed E-state index contributed by atoms with van der Waals surface area (Å²) in [7, 11) is 0. The Hall–Kier alpha value is -2.43. The van der Waals surface area contributed by atoms with E-state index in [-0.39, 0.29) is 6.10 Å². The fourth-order valence-electron chi connectivity index (χ4n) is 1.88. The molecule has 0 saturated heterocycles. The van der Waals surface area contributed by atoms with Crippen LogP contribution in [0.4, 0.5) is 0 Å². The van der Waals surface area contributed by atoms with Crippen LogP contribution in [0.2, 0.25) is 0 Å². The van der Waals surface area contributed by atoms with Crippen LogP contribution < -0.4 is 4.74 Å². The Morgan fingerprint density at radius 2 is 1.89 bits per heavy atom. The van der Waals surface area contributed by atoms with E-state index in [1.165, 1.54) is 0 Å². The number of hydrogen-bond acceptors (Lipinski definition) is 4. The molecular formula is C14H14N4O. The second-order valence-corrected chi connectivity index (χ2v) is 4.57. The molecule has 0 aliphatic heterocycles. The predicted molar refractivity (Wildman–Crippen MR) is 72.0 cm³/mol. The maximum absolute atomic E-state index is 5.62. The first-order valence-corrected chi connectivity index (χ1v) is 6.15. The normalized spacial score (nSPS) is 11.1. The zero-order valence-corrected chi connectivity index (χ0v) is 10.8. The van der Waals surface area contributed by atoms with Crippen molar-refractivity contribution in [1.29, 1.82) is 0 Å². The summed E-state index contributed by atoms with van der Waals surface area (Å²) in [6, 6.07) is 7.97. The molecule has 0 spiro atoms. The molecule has 0 atom stereocenters. The van der Waals surface area contributed by atoms with Gasteiger partial charge in [0.1, 0.15) is 12.1 Å². The van der Waals surface area contributed by atoms with Crippen molar-refractivity contribution in [3.8, 4) is 16.9 Å². The second kappa shape index (κ2) is 4.68. The van der Waals surface area contributed by atoms with Crippen LogP contribution >= 0.6 is 0 Å². The quantitative estimate of drug-likeness (QED) is 0.721. The van der Waals surface area contributed by atoms with Crippen LogP contribution in [0.25, 0.3) is 16.9 Å². The smallest absolute Gasteiger partial charge is 0.254 e. The standard InChI is InChI=1S/C14H14N4O/c1-10(2)19-13-5-3-11(4-6-13)12-7-15-14-17-16-9-18(14)8-12/h3-10H,1-2H3. The molecule has 3 rings (SSSR count). The van der Waals surface area contributed by atoms with Gasteiger partial charge < -0.3 is 4.74 Å². The number of benzene rings is 1. The van der Waals surface area contributed by atoms with Gasteiger partial charge in [0.05, 0.1) is 6.10 Å². The lowest BCUT2D eigenvalue weighted by Crippen LogP contribution is -2.05. The van der Waals surface area contributed by atoms with Gasteiger partial charge in [-0.1, -0.05) is 12.1 Å². The first-order valence-electron chi connectivity index (χ1n) is 6.15. The molecule has 0 N–H and O–H groups in total. The zero-order chi connectivity index (χ0) is 13.2. The van der Waals surface area contributed by atoms with Crippen LogP contribution in [0.15, 0.2) is 43.0 Å². The molecule has 3 aromatic rings. The number of hydrogen-bond donors (Lipinski definition) is 0. The fourth-order valence-corrected chi connectivity index (χ4v) is 1.88. The number of fused-ring (bicyclic) bond motifs is 1. The summed E-state index contributed by atoms with van der Waals surface area (Å²) in [5, 5.41) is 7.70. The van der Waals surface area contributed by atoms with Crippen LogP contribution in [0.3, 0.4) is 0 Å². The first-order chi connectivity index (χ1) is 9.22. The van der Waals surface area contributed by atoms with E-state index in [0.717, 1.165) is 16.9 Å². The van der Waals surface area contributed by atoms with Gasteiger partial charge in [0.2, 0.25) is 0 Å². The Morgan fingerprint density at radius 1 is 1.11 bits per heavy atom. The maximum Gasteiger partial charge on any atom is 0.254 e. The summed E-state index contributed by atoms with van der Waals surface area (Å²) in [5.74, 6) is 1.47. The van der Waals surface area contributed by atoms with Gasteiger partial charge >= 0.3 is 0 Å². The Kier molecular flexibility index (Phi) is 2.87. The number of rotatable bonds is 3. The van der Waals surface area contributed by atoms with Crippen molar-refractivity contribution in [1.82, 2.24) is 19.6 Å².